The summed E-state index contributed by atoms with van der Waals surface area (Å²) in [5.41, 5.74) is 0.961. The van der Waals surface area contributed by atoms with Gasteiger partial charge in [-0.3, -0.25) is 4.79 Å². The molecule has 2 aromatic rings. The number of halogens is 3. The molecule has 27 heavy (non-hydrogen) atoms. The van der Waals surface area contributed by atoms with Crippen LogP contribution < -0.4 is 14.8 Å². The quantitative estimate of drug-likeness (QED) is 0.802. The van der Waals surface area contributed by atoms with Crippen molar-refractivity contribution >= 4 is 17.7 Å². The molecular formula is C18H17F3N2O3S. The van der Waals surface area contributed by atoms with Crippen LogP contribution in [-0.2, 0) is 6.54 Å². The third-order valence-corrected chi connectivity index (χ3v) is 4.92. The second kappa shape index (κ2) is 8.51. The Bertz CT molecular complexity index is 778. The Morgan fingerprint density at radius 2 is 2.04 bits per heavy atom. The highest BCUT2D eigenvalue weighted by Gasteiger charge is 2.31. The number of ether oxygens (including phenoxy) is 2. The molecule has 1 aromatic carbocycles. The highest BCUT2D eigenvalue weighted by molar-refractivity contribution is 7.99. The summed E-state index contributed by atoms with van der Waals surface area (Å²) in [5, 5.41) is 2.72. The Labute approximate surface area is 158 Å². The minimum atomic E-state index is -4.73. The molecule has 5 nitrogen and oxygen atoms in total. The van der Waals surface area contributed by atoms with Gasteiger partial charge in [0.15, 0.2) is 0 Å². The molecule has 9 heteroatoms. The molecule has 3 rings (SSSR count). The molecule has 0 bridgehead atoms. The van der Waals surface area contributed by atoms with E-state index in [1.54, 1.807) is 30.1 Å². The Hall–Kier alpha value is -2.42. The number of nitrogens with one attached hydrogen (secondary N) is 1. The van der Waals surface area contributed by atoms with Gasteiger partial charge in [0.1, 0.15) is 17.4 Å². The number of aromatic nitrogens is 1. The molecule has 2 heterocycles. The average molecular weight is 398 g/mol. The van der Waals surface area contributed by atoms with Crippen LogP contribution in [0.4, 0.5) is 13.2 Å². The van der Waals surface area contributed by atoms with E-state index in [4.69, 9.17) is 4.74 Å². The Kier molecular flexibility index (Phi) is 6.10. The topological polar surface area (TPSA) is 60.5 Å². The van der Waals surface area contributed by atoms with Crippen molar-refractivity contribution in [2.45, 2.75) is 25.4 Å². The lowest BCUT2D eigenvalue weighted by molar-refractivity contribution is -0.274. The van der Waals surface area contributed by atoms with Crippen LogP contribution in [0.1, 0.15) is 22.3 Å². The Morgan fingerprint density at radius 1 is 1.26 bits per heavy atom. The van der Waals surface area contributed by atoms with Crippen molar-refractivity contribution in [2.75, 3.05) is 11.5 Å². The first kappa shape index (κ1) is 19.3. The van der Waals surface area contributed by atoms with E-state index >= 15 is 0 Å². The number of benzene rings is 1. The zero-order valence-corrected chi connectivity index (χ0v) is 15.0. The van der Waals surface area contributed by atoms with Gasteiger partial charge in [-0.1, -0.05) is 12.1 Å². The van der Waals surface area contributed by atoms with Gasteiger partial charge in [0.05, 0.1) is 0 Å². The first-order valence-electron chi connectivity index (χ1n) is 8.23. The number of hydrogen-bond donors (Lipinski definition) is 1. The molecule has 1 amide bonds. The zero-order chi connectivity index (χ0) is 19.3. The zero-order valence-electron chi connectivity index (χ0n) is 14.2. The number of amides is 1. The normalized spacial score (nSPS) is 16.8. The Balaban J connectivity index is 1.59. The third kappa shape index (κ3) is 5.78. The number of carbonyl (C=O) groups excluding carboxylic acids is 1. The highest BCUT2D eigenvalue weighted by Crippen LogP contribution is 2.25. The lowest BCUT2D eigenvalue weighted by atomic mass is 10.2. The van der Waals surface area contributed by atoms with Gasteiger partial charge in [0.25, 0.3) is 5.91 Å². The standard InChI is InChI=1S/C18H17F3N2O3S/c19-18(20,21)26-13-5-3-12(4-6-13)10-23-16(24)15-2-1-8-22-17(15)25-14-7-9-27-11-14/h1-6,8,14H,7,9-11H2,(H,23,24). The molecule has 1 unspecified atom stereocenters. The maximum Gasteiger partial charge on any atom is 0.573 e. The number of nitrogens with zero attached hydrogens (tertiary/aromatic N) is 1. The van der Waals surface area contributed by atoms with Crippen molar-refractivity contribution in [1.29, 1.82) is 0 Å². The van der Waals surface area contributed by atoms with Crippen molar-refractivity contribution in [3.8, 4) is 11.6 Å². The molecule has 144 valence electrons. The van der Waals surface area contributed by atoms with E-state index in [0.717, 1.165) is 17.9 Å². The van der Waals surface area contributed by atoms with Gasteiger partial charge in [-0.25, -0.2) is 4.98 Å². The molecule has 1 N–H and O–H groups in total. The highest BCUT2D eigenvalue weighted by atomic mass is 32.2. The van der Waals surface area contributed by atoms with Gasteiger partial charge in [-0.05, 0) is 42.0 Å². The van der Waals surface area contributed by atoms with Crippen LogP contribution in [0, 0.1) is 0 Å². The van der Waals surface area contributed by atoms with Gasteiger partial charge < -0.3 is 14.8 Å². The van der Waals surface area contributed by atoms with Gasteiger partial charge in [0.2, 0.25) is 5.88 Å². The SMILES string of the molecule is O=C(NCc1ccc(OC(F)(F)F)cc1)c1cccnc1OC1CCSC1. The second-order valence-corrected chi connectivity index (χ2v) is 6.98. The Morgan fingerprint density at radius 3 is 2.70 bits per heavy atom. The van der Waals surface area contributed by atoms with Crippen molar-refractivity contribution in [3.63, 3.8) is 0 Å². The average Bonchev–Trinajstić information content (AvgIpc) is 3.13. The predicted molar refractivity (Wildman–Crippen MR) is 94.9 cm³/mol. The van der Waals surface area contributed by atoms with Crippen LogP contribution in [0.5, 0.6) is 11.6 Å². The first-order chi connectivity index (χ1) is 12.9. The molecule has 0 saturated carbocycles. The predicted octanol–water partition coefficient (Wildman–Crippen LogP) is 3.79. The molecule has 1 atom stereocenters. The van der Waals surface area contributed by atoms with E-state index < -0.39 is 6.36 Å². The van der Waals surface area contributed by atoms with Crippen LogP contribution in [-0.4, -0.2) is 34.9 Å². The number of carbonyl (C=O) groups is 1. The third-order valence-electron chi connectivity index (χ3n) is 3.79. The molecule has 0 aliphatic carbocycles. The summed E-state index contributed by atoms with van der Waals surface area (Å²) in [4.78, 5) is 16.6. The van der Waals surface area contributed by atoms with Crippen molar-refractivity contribution in [3.05, 3.63) is 53.7 Å². The number of thioether (sulfide) groups is 1. The van der Waals surface area contributed by atoms with E-state index in [9.17, 15) is 18.0 Å². The van der Waals surface area contributed by atoms with Crippen LogP contribution in [0.2, 0.25) is 0 Å². The molecule has 1 aliphatic heterocycles. The van der Waals surface area contributed by atoms with E-state index in [-0.39, 0.29) is 30.2 Å². The molecule has 1 aliphatic rings. The number of pyridine rings is 1. The molecule has 1 aromatic heterocycles. The number of hydrogen-bond acceptors (Lipinski definition) is 5. The van der Waals surface area contributed by atoms with Gasteiger partial charge >= 0.3 is 6.36 Å². The molecule has 0 radical (unpaired) electrons. The van der Waals surface area contributed by atoms with Crippen LogP contribution >= 0.6 is 11.8 Å². The van der Waals surface area contributed by atoms with Crippen molar-refractivity contribution in [2.24, 2.45) is 0 Å². The van der Waals surface area contributed by atoms with Crippen LogP contribution in [0.15, 0.2) is 42.6 Å². The fraction of sp³-hybridized carbons (Fsp3) is 0.333. The van der Waals surface area contributed by atoms with Gasteiger partial charge in [-0.2, -0.15) is 11.8 Å². The summed E-state index contributed by atoms with van der Waals surface area (Å²) in [6.07, 6.45) is -2.22. The molecule has 1 fully saturated rings. The van der Waals surface area contributed by atoms with E-state index in [0.29, 0.717) is 11.1 Å². The maximum absolute atomic E-state index is 12.5. The molecular weight excluding hydrogens is 381 g/mol. The largest absolute Gasteiger partial charge is 0.573 e. The van der Waals surface area contributed by atoms with Crippen molar-refractivity contribution < 1.29 is 27.4 Å². The summed E-state index contributed by atoms with van der Waals surface area (Å²) in [5.74, 6) is 1.50. The lowest BCUT2D eigenvalue weighted by Crippen LogP contribution is -2.25. The monoisotopic (exact) mass is 398 g/mol. The lowest BCUT2D eigenvalue weighted by Gasteiger charge is -2.14. The summed E-state index contributed by atoms with van der Waals surface area (Å²) in [6.45, 7) is 0.152. The first-order valence-corrected chi connectivity index (χ1v) is 9.38. The van der Waals surface area contributed by atoms with E-state index in [1.807, 2.05) is 0 Å². The summed E-state index contributed by atoms with van der Waals surface area (Å²) < 4.78 is 46.1. The number of rotatable bonds is 6. The maximum atomic E-state index is 12.5. The second-order valence-electron chi connectivity index (χ2n) is 5.83. The van der Waals surface area contributed by atoms with Crippen LogP contribution in [0.25, 0.3) is 0 Å². The fourth-order valence-electron chi connectivity index (χ4n) is 2.51. The van der Waals surface area contributed by atoms with Gasteiger partial charge in [0, 0.05) is 18.5 Å². The van der Waals surface area contributed by atoms with Gasteiger partial charge in [-0.15, -0.1) is 13.2 Å². The fourth-order valence-corrected chi connectivity index (χ4v) is 3.60. The minimum Gasteiger partial charge on any atom is -0.473 e. The summed E-state index contributed by atoms with van der Waals surface area (Å²) in [7, 11) is 0. The molecule has 1 saturated heterocycles. The van der Waals surface area contributed by atoms with E-state index in [2.05, 4.69) is 15.0 Å². The van der Waals surface area contributed by atoms with E-state index in [1.165, 1.54) is 24.3 Å². The number of alkyl halides is 3. The smallest absolute Gasteiger partial charge is 0.473 e. The summed E-state index contributed by atoms with van der Waals surface area (Å²) in [6, 6.07) is 8.58. The molecule has 0 spiro atoms. The van der Waals surface area contributed by atoms with Crippen LogP contribution in [0.3, 0.4) is 0 Å². The summed E-state index contributed by atoms with van der Waals surface area (Å²) >= 11 is 1.79. The minimum absolute atomic E-state index is 0.0395. The van der Waals surface area contributed by atoms with Crippen molar-refractivity contribution in [1.82, 2.24) is 10.3 Å².